The summed E-state index contributed by atoms with van der Waals surface area (Å²) in [6, 6.07) is 20.3. The summed E-state index contributed by atoms with van der Waals surface area (Å²) in [4.78, 5) is 13.5. The van der Waals surface area contributed by atoms with E-state index < -0.39 is 0 Å². The molecule has 0 saturated heterocycles. The third kappa shape index (κ3) is 4.52. The predicted octanol–water partition coefficient (Wildman–Crippen LogP) is 3.59. The second-order valence-corrected chi connectivity index (χ2v) is 9.52. The molecule has 7 heteroatoms. The summed E-state index contributed by atoms with van der Waals surface area (Å²) < 4.78 is 2.04. The van der Waals surface area contributed by atoms with E-state index in [0.29, 0.717) is 24.3 Å². The van der Waals surface area contributed by atoms with Crippen LogP contribution in [0.1, 0.15) is 52.9 Å². The van der Waals surface area contributed by atoms with Crippen LogP contribution >= 0.6 is 0 Å². The van der Waals surface area contributed by atoms with Gasteiger partial charge in [-0.25, -0.2) is 0 Å². The van der Waals surface area contributed by atoms with Gasteiger partial charge in [0, 0.05) is 41.6 Å². The fourth-order valence-corrected chi connectivity index (χ4v) is 5.21. The van der Waals surface area contributed by atoms with Crippen molar-refractivity contribution in [2.45, 2.75) is 50.9 Å². The van der Waals surface area contributed by atoms with Crippen molar-refractivity contribution in [3.05, 3.63) is 83.0 Å². The van der Waals surface area contributed by atoms with Crippen molar-refractivity contribution in [3.8, 4) is 0 Å². The summed E-state index contributed by atoms with van der Waals surface area (Å²) >= 11 is 0. The van der Waals surface area contributed by atoms with Crippen LogP contribution in [0.25, 0.3) is 21.7 Å². The molecular formula is C28H32N6O. The number of nitrogens with two attached hydrogens (primary N) is 3. The molecule has 0 unspecified atom stereocenters. The number of hydrogen-bond donors (Lipinski definition) is 5. The summed E-state index contributed by atoms with van der Waals surface area (Å²) in [5.41, 5.74) is 22.1. The number of fused-ring (bicyclic) bond motifs is 2. The predicted molar refractivity (Wildman–Crippen MR) is 142 cm³/mol. The molecule has 8 N–H and O–H groups in total. The van der Waals surface area contributed by atoms with Crippen LogP contribution in [-0.4, -0.2) is 28.4 Å². The molecule has 1 amide bonds. The number of rotatable bonds is 6. The van der Waals surface area contributed by atoms with Gasteiger partial charge >= 0.3 is 0 Å². The lowest BCUT2D eigenvalue weighted by atomic mass is 9.92. The molecule has 0 aliphatic heterocycles. The maximum absolute atomic E-state index is 13.5. The number of carbonyl (C=O) groups is 1. The lowest BCUT2D eigenvalue weighted by molar-refractivity contribution is 0.0917. The van der Waals surface area contributed by atoms with E-state index in [0.717, 1.165) is 58.5 Å². The molecule has 0 atom stereocenters. The minimum Gasteiger partial charge on any atom is -0.384 e. The average molecular weight is 469 g/mol. The van der Waals surface area contributed by atoms with Gasteiger partial charge in [0.1, 0.15) is 11.5 Å². The third-order valence-corrected chi connectivity index (χ3v) is 7.21. The van der Waals surface area contributed by atoms with E-state index in [2.05, 4.69) is 29.6 Å². The van der Waals surface area contributed by atoms with Gasteiger partial charge < -0.3 is 27.1 Å². The first-order valence-corrected chi connectivity index (χ1v) is 12.2. The van der Waals surface area contributed by atoms with Crippen LogP contribution in [0.5, 0.6) is 0 Å². The fourth-order valence-electron chi connectivity index (χ4n) is 5.21. The lowest BCUT2D eigenvalue weighted by Crippen LogP contribution is -2.41. The van der Waals surface area contributed by atoms with Gasteiger partial charge in [0.25, 0.3) is 5.91 Å². The number of aromatic nitrogens is 1. The number of benzene rings is 3. The molecule has 35 heavy (non-hydrogen) atoms. The van der Waals surface area contributed by atoms with Crippen LogP contribution in [-0.2, 0) is 13.1 Å². The molecule has 3 aromatic carbocycles. The Bertz CT molecular complexity index is 1410. The molecule has 1 saturated carbocycles. The van der Waals surface area contributed by atoms with Crippen LogP contribution < -0.4 is 22.5 Å². The molecular weight excluding hydrogens is 436 g/mol. The lowest BCUT2D eigenvalue weighted by Gasteiger charge is -2.27. The molecule has 180 valence electrons. The van der Waals surface area contributed by atoms with Crippen molar-refractivity contribution in [2.75, 3.05) is 0 Å². The second-order valence-electron chi connectivity index (χ2n) is 9.52. The Morgan fingerprint density at radius 2 is 1.66 bits per heavy atom. The summed E-state index contributed by atoms with van der Waals surface area (Å²) in [5.74, 6) is -0.0872. The number of nitrogen functional groups attached to an aromatic ring is 1. The van der Waals surface area contributed by atoms with Gasteiger partial charge in [-0.2, -0.15) is 0 Å². The van der Waals surface area contributed by atoms with E-state index in [-0.39, 0.29) is 23.8 Å². The first kappa shape index (κ1) is 23.1. The second kappa shape index (κ2) is 9.52. The van der Waals surface area contributed by atoms with Crippen LogP contribution in [0.2, 0.25) is 0 Å². The number of nitrogens with one attached hydrogen (secondary N) is 2. The third-order valence-electron chi connectivity index (χ3n) is 7.21. The van der Waals surface area contributed by atoms with Crippen molar-refractivity contribution < 1.29 is 4.79 Å². The highest BCUT2D eigenvalue weighted by Crippen LogP contribution is 2.28. The largest absolute Gasteiger partial charge is 0.384 e. The standard InChI is InChI=1S/C28H32N6O/c29-15-19-7-8-20(24-4-2-1-3-23(19)24)16-34-25-14-18(27(31)32)6-5-17(25)13-26(34)28(35)33-22-11-9-21(30)10-12-22/h1-8,13-14,21-22H,9-12,15-16,29-30H2,(H3,31,32)(H,33,35). The monoisotopic (exact) mass is 468 g/mol. The minimum atomic E-state index is -0.0890. The van der Waals surface area contributed by atoms with E-state index >= 15 is 0 Å². The van der Waals surface area contributed by atoms with Crippen LogP contribution in [0.15, 0.2) is 60.7 Å². The zero-order valence-electron chi connectivity index (χ0n) is 19.8. The van der Waals surface area contributed by atoms with Crippen molar-refractivity contribution >= 4 is 33.4 Å². The zero-order chi connectivity index (χ0) is 24.5. The van der Waals surface area contributed by atoms with Gasteiger partial charge in [-0.05, 0) is 59.7 Å². The number of hydrogen-bond acceptors (Lipinski definition) is 4. The Morgan fingerprint density at radius 3 is 2.34 bits per heavy atom. The molecule has 4 aromatic rings. The summed E-state index contributed by atoms with van der Waals surface area (Å²) in [7, 11) is 0. The Labute approximate surface area is 204 Å². The van der Waals surface area contributed by atoms with Gasteiger partial charge in [0.2, 0.25) is 0 Å². The average Bonchev–Trinajstić information content (AvgIpc) is 3.23. The van der Waals surface area contributed by atoms with E-state index in [9.17, 15) is 4.79 Å². The minimum absolute atomic E-state index is 0.00180. The molecule has 1 heterocycles. The van der Waals surface area contributed by atoms with Crippen LogP contribution in [0.4, 0.5) is 0 Å². The van der Waals surface area contributed by atoms with Crippen molar-refractivity contribution in [1.82, 2.24) is 9.88 Å². The van der Waals surface area contributed by atoms with Gasteiger partial charge in [-0.15, -0.1) is 0 Å². The molecule has 1 aromatic heterocycles. The number of carbonyl (C=O) groups excluding carboxylic acids is 1. The topological polar surface area (TPSA) is 136 Å². The van der Waals surface area contributed by atoms with Gasteiger partial charge in [0.05, 0.1) is 0 Å². The Kier molecular flexibility index (Phi) is 6.28. The molecule has 7 nitrogen and oxygen atoms in total. The van der Waals surface area contributed by atoms with Gasteiger partial charge in [-0.3, -0.25) is 10.2 Å². The van der Waals surface area contributed by atoms with Crippen molar-refractivity contribution in [3.63, 3.8) is 0 Å². The molecule has 1 fully saturated rings. The van der Waals surface area contributed by atoms with Crippen molar-refractivity contribution in [2.24, 2.45) is 17.2 Å². The highest BCUT2D eigenvalue weighted by Gasteiger charge is 2.23. The van der Waals surface area contributed by atoms with Crippen molar-refractivity contribution in [1.29, 1.82) is 5.41 Å². The molecule has 1 aliphatic rings. The maximum Gasteiger partial charge on any atom is 0.268 e. The molecule has 0 spiro atoms. The Hall–Kier alpha value is -3.68. The zero-order valence-corrected chi connectivity index (χ0v) is 19.8. The van der Waals surface area contributed by atoms with Gasteiger partial charge in [-0.1, -0.05) is 48.5 Å². The number of amides is 1. The van der Waals surface area contributed by atoms with E-state index in [1.165, 1.54) is 0 Å². The number of nitrogens with zero attached hydrogens (tertiary/aromatic N) is 1. The quantitative estimate of drug-likeness (QED) is 0.218. The molecule has 1 aliphatic carbocycles. The highest BCUT2D eigenvalue weighted by molar-refractivity contribution is 6.02. The SMILES string of the molecule is N=C(N)c1ccc2cc(C(=O)NC3CCC(N)CC3)n(Cc3ccc(CN)c4ccccc34)c2c1. The number of amidine groups is 1. The molecule has 5 rings (SSSR count). The molecule has 0 radical (unpaired) electrons. The Balaban J connectivity index is 1.59. The molecule has 0 bridgehead atoms. The van der Waals surface area contributed by atoms with Gasteiger partial charge in [0.15, 0.2) is 0 Å². The van der Waals surface area contributed by atoms with Crippen LogP contribution in [0.3, 0.4) is 0 Å². The van der Waals surface area contributed by atoms with Crippen LogP contribution in [0, 0.1) is 5.41 Å². The first-order chi connectivity index (χ1) is 16.9. The van der Waals surface area contributed by atoms with E-state index in [1.807, 2.05) is 41.0 Å². The normalized spacial score (nSPS) is 18.1. The Morgan fingerprint density at radius 1 is 0.971 bits per heavy atom. The summed E-state index contributed by atoms with van der Waals surface area (Å²) in [6.07, 6.45) is 3.64. The smallest absolute Gasteiger partial charge is 0.268 e. The fraction of sp³-hybridized carbons (Fsp3) is 0.286. The maximum atomic E-state index is 13.5. The highest BCUT2D eigenvalue weighted by atomic mass is 16.2. The van der Waals surface area contributed by atoms with E-state index in [4.69, 9.17) is 22.6 Å². The first-order valence-electron chi connectivity index (χ1n) is 12.2. The summed E-state index contributed by atoms with van der Waals surface area (Å²) in [6.45, 7) is 0.975. The van der Waals surface area contributed by atoms with E-state index in [1.54, 1.807) is 0 Å². The summed E-state index contributed by atoms with van der Waals surface area (Å²) in [5, 5.41) is 14.3.